The minimum atomic E-state index is 0.910. The van der Waals surface area contributed by atoms with Crippen LogP contribution in [0, 0.1) is 0 Å². The summed E-state index contributed by atoms with van der Waals surface area (Å²) < 4.78 is 5.99. The van der Waals surface area contributed by atoms with Crippen molar-refractivity contribution in [1.29, 1.82) is 0 Å². The Balaban J connectivity index is 1.31. The Kier molecular flexibility index (Phi) is 4.46. The quantitative estimate of drug-likeness (QED) is 0.272. The molecule has 7 aromatic rings. The molecule has 0 atom stereocenters. The first-order valence-electron chi connectivity index (χ1n) is 11.7. The predicted molar refractivity (Wildman–Crippen MR) is 143 cm³/mol. The van der Waals surface area contributed by atoms with Crippen LogP contribution in [0.2, 0.25) is 0 Å². The molecule has 4 aromatic carbocycles. The van der Waals surface area contributed by atoms with Gasteiger partial charge in [0.15, 0.2) is 0 Å². The number of rotatable bonds is 3. The number of fused-ring (bicyclic) bond motifs is 4. The van der Waals surface area contributed by atoms with Crippen LogP contribution in [0.1, 0.15) is 0 Å². The maximum atomic E-state index is 5.99. The van der Waals surface area contributed by atoms with Gasteiger partial charge in [-0.1, -0.05) is 78.9 Å². The van der Waals surface area contributed by atoms with Gasteiger partial charge in [0, 0.05) is 33.5 Å². The molecule has 0 aliphatic carbocycles. The number of hydrogen-bond donors (Lipinski definition) is 0. The average molecular weight is 449 g/mol. The van der Waals surface area contributed by atoms with Crippen LogP contribution in [-0.2, 0) is 0 Å². The van der Waals surface area contributed by atoms with Crippen LogP contribution in [0.4, 0.5) is 0 Å². The molecular weight excluding hydrogens is 428 g/mol. The number of hydrogen-bond acceptors (Lipinski definition) is 3. The summed E-state index contributed by atoms with van der Waals surface area (Å²) in [5.41, 5.74) is 9.10. The highest BCUT2D eigenvalue weighted by Crippen LogP contribution is 2.34. The van der Waals surface area contributed by atoms with Crippen molar-refractivity contribution in [2.75, 3.05) is 0 Å². The van der Waals surface area contributed by atoms with Crippen LogP contribution >= 0.6 is 0 Å². The lowest BCUT2D eigenvalue weighted by atomic mass is 9.99. The Morgan fingerprint density at radius 1 is 0.486 bits per heavy atom. The number of furan rings is 1. The number of pyridine rings is 2. The normalized spacial score (nSPS) is 11.4. The molecule has 3 aromatic heterocycles. The van der Waals surface area contributed by atoms with E-state index in [1.807, 2.05) is 48.7 Å². The summed E-state index contributed by atoms with van der Waals surface area (Å²) in [6.45, 7) is 0. The van der Waals surface area contributed by atoms with Crippen LogP contribution in [0.5, 0.6) is 0 Å². The summed E-state index contributed by atoms with van der Waals surface area (Å²) in [5.74, 6) is 0. The van der Waals surface area contributed by atoms with Crippen LogP contribution in [0.25, 0.3) is 66.5 Å². The number of para-hydroxylation sites is 1. The van der Waals surface area contributed by atoms with Crippen molar-refractivity contribution in [2.45, 2.75) is 0 Å². The van der Waals surface area contributed by atoms with Gasteiger partial charge in [-0.25, -0.2) is 4.98 Å². The monoisotopic (exact) mass is 448 g/mol. The molecule has 0 N–H and O–H groups in total. The van der Waals surface area contributed by atoms with E-state index < -0.39 is 0 Å². The second kappa shape index (κ2) is 7.93. The topological polar surface area (TPSA) is 38.9 Å². The first-order chi connectivity index (χ1) is 17.3. The molecule has 3 heterocycles. The summed E-state index contributed by atoms with van der Waals surface area (Å²) in [4.78, 5) is 9.68. The molecule has 0 bridgehead atoms. The summed E-state index contributed by atoms with van der Waals surface area (Å²) in [5, 5.41) is 3.33. The molecule has 35 heavy (non-hydrogen) atoms. The van der Waals surface area contributed by atoms with Crippen molar-refractivity contribution in [1.82, 2.24) is 9.97 Å². The van der Waals surface area contributed by atoms with E-state index in [4.69, 9.17) is 9.40 Å². The number of benzene rings is 4. The Morgan fingerprint density at radius 2 is 1.20 bits per heavy atom. The molecule has 0 saturated carbocycles. The van der Waals surface area contributed by atoms with E-state index in [0.717, 1.165) is 66.5 Å². The van der Waals surface area contributed by atoms with Gasteiger partial charge >= 0.3 is 0 Å². The lowest BCUT2D eigenvalue weighted by Crippen LogP contribution is -1.92. The fraction of sp³-hybridized carbons (Fsp3) is 0. The van der Waals surface area contributed by atoms with Crippen LogP contribution < -0.4 is 0 Å². The molecule has 0 radical (unpaired) electrons. The molecular formula is C32H20N2O. The number of aromatic nitrogens is 2. The first kappa shape index (κ1) is 19.7. The van der Waals surface area contributed by atoms with Crippen LogP contribution in [-0.4, -0.2) is 9.97 Å². The summed E-state index contributed by atoms with van der Waals surface area (Å²) in [7, 11) is 0. The second-order valence-electron chi connectivity index (χ2n) is 8.68. The van der Waals surface area contributed by atoms with Gasteiger partial charge in [0.1, 0.15) is 11.2 Å². The summed E-state index contributed by atoms with van der Waals surface area (Å²) >= 11 is 0. The molecule has 0 aliphatic rings. The molecule has 0 saturated heterocycles. The van der Waals surface area contributed by atoms with Gasteiger partial charge in [0.2, 0.25) is 0 Å². The van der Waals surface area contributed by atoms with E-state index in [2.05, 4.69) is 77.8 Å². The number of nitrogens with zero attached hydrogens (tertiary/aromatic N) is 2. The zero-order valence-corrected chi connectivity index (χ0v) is 18.8. The van der Waals surface area contributed by atoms with E-state index in [-0.39, 0.29) is 0 Å². The van der Waals surface area contributed by atoms with E-state index in [1.54, 1.807) is 0 Å². The Hall–Kier alpha value is -4.76. The third-order valence-corrected chi connectivity index (χ3v) is 6.54. The maximum absolute atomic E-state index is 5.99. The fourth-order valence-electron chi connectivity index (χ4n) is 4.78. The molecule has 0 unspecified atom stereocenters. The van der Waals surface area contributed by atoms with Crippen molar-refractivity contribution >= 4 is 32.8 Å². The van der Waals surface area contributed by atoms with Gasteiger partial charge in [0.05, 0.1) is 16.9 Å². The zero-order chi connectivity index (χ0) is 23.2. The molecule has 3 heteroatoms. The third-order valence-electron chi connectivity index (χ3n) is 6.54. The van der Waals surface area contributed by atoms with Gasteiger partial charge in [-0.05, 0) is 47.5 Å². The largest absolute Gasteiger partial charge is 0.456 e. The van der Waals surface area contributed by atoms with Crippen molar-refractivity contribution in [2.24, 2.45) is 0 Å². The van der Waals surface area contributed by atoms with Crippen molar-refractivity contribution in [3.05, 3.63) is 121 Å². The van der Waals surface area contributed by atoms with Crippen LogP contribution in [0.15, 0.2) is 126 Å². The lowest BCUT2D eigenvalue weighted by Gasteiger charge is -2.10. The van der Waals surface area contributed by atoms with E-state index in [0.29, 0.717) is 0 Å². The Labute approximate surface area is 202 Å². The van der Waals surface area contributed by atoms with Gasteiger partial charge < -0.3 is 4.42 Å². The smallest absolute Gasteiger partial charge is 0.135 e. The van der Waals surface area contributed by atoms with Gasteiger partial charge in [0.25, 0.3) is 0 Å². The van der Waals surface area contributed by atoms with E-state index in [1.165, 1.54) is 0 Å². The van der Waals surface area contributed by atoms with E-state index in [9.17, 15) is 0 Å². The summed E-state index contributed by atoms with van der Waals surface area (Å²) in [6.07, 6.45) is 1.83. The zero-order valence-electron chi connectivity index (χ0n) is 18.8. The van der Waals surface area contributed by atoms with Crippen molar-refractivity contribution in [3.8, 4) is 33.6 Å². The molecule has 0 amide bonds. The highest BCUT2D eigenvalue weighted by molar-refractivity contribution is 6.06. The molecule has 0 fully saturated rings. The average Bonchev–Trinajstić information content (AvgIpc) is 3.31. The standard InChI is InChI=1S/C32H20N2O/c1-2-7-23(8-3-1)32-26-10-6-18-33-29(26)20-28(34-32)22-14-12-21(13-15-22)24-16-17-31-27(19-24)25-9-4-5-11-30(25)35-31/h1-20H. The Bertz CT molecular complexity index is 1830. The highest BCUT2D eigenvalue weighted by atomic mass is 16.3. The van der Waals surface area contributed by atoms with Crippen molar-refractivity contribution in [3.63, 3.8) is 0 Å². The molecule has 0 spiro atoms. The van der Waals surface area contributed by atoms with Gasteiger partial charge in [-0.2, -0.15) is 0 Å². The molecule has 0 aliphatic heterocycles. The summed E-state index contributed by atoms with van der Waals surface area (Å²) in [6, 6.07) is 39.6. The van der Waals surface area contributed by atoms with Crippen LogP contribution in [0.3, 0.4) is 0 Å². The van der Waals surface area contributed by atoms with Gasteiger partial charge in [-0.15, -0.1) is 0 Å². The second-order valence-corrected chi connectivity index (χ2v) is 8.68. The molecule has 164 valence electrons. The SMILES string of the molecule is c1ccc(-c2nc(-c3ccc(-c4ccc5oc6ccccc6c5c4)cc3)cc3ncccc23)cc1. The van der Waals surface area contributed by atoms with Crippen molar-refractivity contribution < 1.29 is 4.42 Å². The molecule has 3 nitrogen and oxygen atoms in total. The minimum Gasteiger partial charge on any atom is -0.456 e. The lowest BCUT2D eigenvalue weighted by molar-refractivity contribution is 0.669. The molecule has 7 rings (SSSR count). The predicted octanol–water partition coefficient (Wildman–Crippen LogP) is 8.53. The fourth-order valence-corrected chi connectivity index (χ4v) is 4.78. The highest BCUT2D eigenvalue weighted by Gasteiger charge is 2.12. The third kappa shape index (κ3) is 3.37. The van der Waals surface area contributed by atoms with E-state index >= 15 is 0 Å². The Morgan fingerprint density at radius 3 is 2.09 bits per heavy atom. The van der Waals surface area contributed by atoms with Gasteiger partial charge in [-0.3, -0.25) is 4.98 Å². The maximum Gasteiger partial charge on any atom is 0.135 e. The minimum absolute atomic E-state index is 0.910. The first-order valence-corrected chi connectivity index (χ1v) is 11.7.